The van der Waals surface area contributed by atoms with Crippen LogP contribution in [0.3, 0.4) is 0 Å². The van der Waals surface area contributed by atoms with Crippen molar-refractivity contribution in [2.24, 2.45) is 0 Å². The van der Waals surface area contributed by atoms with Crippen molar-refractivity contribution in [2.75, 3.05) is 18.5 Å². The standard InChI is InChI=1S/C17H19ClN4O/c18-17-20-14(12-4-7-23-8-5-12)10-16(22-17)21-15-9-13(3-6-19-15)11-1-2-11/h3,6,9-12H,1-2,4-5,7-8H2,(H,19,20,21,22). The van der Waals surface area contributed by atoms with E-state index in [-0.39, 0.29) is 5.28 Å². The van der Waals surface area contributed by atoms with Crippen LogP contribution in [-0.4, -0.2) is 28.2 Å². The molecular formula is C17H19ClN4O. The maximum Gasteiger partial charge on any atom is 0.224 e. The molecule has 6 heteroatoms. The van der Waals surface area contributed by atoms with Crippen LogP contribution in [0, 0.1) is 0 Å². The number of hydrogen-bond donors (Lipinski definition) is 1. The van der Waals surface area contributed by atoms with Crippen molar-refractivity contribution in [1.29, 1.82) is 0 Å². The van der Waals surface area contributed by atoms with E-state index in [1.165, 1.54) is 18.4 Å². The minimum atomic E-state index is 0.273. The number of hydrogen-bond acceptors (Lipinski definition) is 5. The molecule has 120 valence electrons. The van der Waals surface area contributed by atoms with Crippen molar-refractivity contribution in [3.05, 3.63) is 40.9 Å². The van der Waals surface area contributed by atoms with Gasteiger partial charge in [-0.3, -0.25) is 0 Å². The molecule has 1 aliphatic carbocycles. The molecular weight excluding hydrogens is 312 g/mol. The lowest BCUT2D eigenvalue weighted by atomic mass is 9.96. The first kappa shape index (κ1) is 14.8. The molecule has 2 fully saturated rings. The van der Waals surface area contributed by atoms with E-state index >= 15 is 0 Å². The summed E-state index contributed by atoms with van der Waals surface area (Å²) in [4.78, 5) is 13.1. The van der Waals surface area contributed by atoms with E-state index in [1.807, 2.05) is 12.3 Å². The maximum atomic E-state index is 6.11. The van der Waals surface area contributed by atoms with Gasteiger partial charge in [-0.15, -0.1) is 0 Å². The fourth-order valence-electron chi connectivity index (χ4n) is 3.02. The van der Waals surface area contributed by atoms with Crippen LogP contribution in [0.5, 0.6) is 0 Å². The molecule has 0 bridgehead atoms. The molecule has 0 amide bonds. The van der Waals surface area contributed by atoms with Crippen LogP contribution in [-0.2, 0) is 4.74 Å². The smallest absolute Gasteiger partial charge is 0.224 e. The molecule has 23 heavy (non-hydrogen) atoms. The van der Waals surface area contributed by atoms with Gasteiger partial charge in [0, 0.05) is 31.4 Å². The zero-order chi connectivity index (χ0) is 15.6. The third-order valence-electron chi connectivity index (χ3n) is 4.45. The largest absolute Gasteiger partial charge is 0.381 e. The Hall–Kier alpha value is -1.72. The van der Waals surface area contributed by atoms with Crippen LogP contribution in [0.2, 0.25) is 5.28 Å². The van der Waals surface area contributed by atoms with Crippen LogP contribution in [0.1, 0.15) is 48.8 Å². The molecule has 2 aromatic rings. The van der Waals surface area contributed by atoms with E-state index in [2.05, 4.69) is 32.4 Å². The maximum absolute atomic E-state index is 6.11. The highest BCUT2D eigenvalue weighted by atomic mass is 35.5. The summed E-state index contributed by atoms with van der Waals surface area (Å²) < 4.78 is 5.42. The molecule has 0 atom stereocenters. The normalized spacial score (nSPS) is 18.8. The second-order valence-electron chi connectivity index (χ2n) is 6.21. The summed E-state index contributed by atoms with van der Waals surface area (Å²) in [5, 5.41) is 3.54. The van der Waals surface area contributed by atoms with E-state index in [4.69, 9.17) is 16.3 Å². The fourth-order valence-corrected chi connectivity index (χ4v) is 3.21. The quantitative estimate of drug-likeness (QED) is 0.857. The lowest BCUT2D eigenvalue weighted by Gasteiger charge is -2.21. The summed E-state index contributed by atoms with van der Waals surface area (Å²) >= 11 is 6.11. The number of aromatic nitrogens is 3. The van der Waals surface area contributed by atoms with Crippen molar-refractivity contribution in [3.8, 4) is 0 Å². The van der Waals surface area contributed by atoms with E-state index < -0.39 is 0 Å². The Morgan fingerprint density at radius 1 is 1.00 bits per heavy atom. The van der Waals surface area contributed by atoms with Gasteiger partial charge in [0.1, 0.15) is 11.6 Å². The molecule has 3 heterocycles. The molecule has 1 N–H and O–H groups in total. The van der Waals surface area contributed by atoms with Crippen molar-refractivity contribution >= 4 is 23.2 Å². The van der Waals surface area contributed by atoms with Crippen LogP contribution in [0.4, 0.5) is 11.6 Å². The summed E-state index contributed by atoms with van der Waals surface area (Å²) in [6.45, 7) is 1.56. The summed E-state index contributed by atoms with van der Waals surface area (Å²) in [5.74, 6) is 2.59. The van der Waals surface area contributed by atoms with Gasteiger partial charge in [-0.1, -0.05) is 0 Å². The molecule has 1 saturated heterocycles. The number of ether oxygens (including phenoxy) is 1. The molecule has 1 saturated carbocycles. The minimum Gasteiger partial charge on any atom is -0.381 e. The topological polar surface area (TPSA) is 59.9 Å². The summed E-state index contributed by atoms with van der Waals surface area (Å²) in [6.07, 6.45) is 6.34. The Labute approximate surface area is 140 Å². The average Bonchev–Trinajstić information content (AvgIpc) is 3.40. The van der Waals surface area contributed by atoms with Gasteiger partial charge >= 0.3 is 0 Å². The zero-order valence-corrected chi connectivity index (χ0v) is 13.6. The number of halogens is 1. The lowest BCUT2D eigenvalue weighted by Crippen LogP contribution is -2.15. The van der Waals surface area contributed by atoms with E-state index in [9.17, 15) is 0 Å². The first-order chi connectivity index (χ1) is 11.3. The highest BCUT2D eigenvalue weighted by molar-refractivity contribution is 6.28. The van der Waals surface area contributed by atoms with Gasteiger partial charge in [-0.05, 0) is 60.9 Å². The van der Waals surface area contributed by atoms with Crippen molar-refractivity contribution in [2.45, 2.75) is 37.5 Å². The molecule has 0 aromatic carbocycles. The molecule has 4 rings (SSSR count). The number of rotatable bonds is 4. The molecule has 1 aliphatic heterocycles. The first-order valence-corrected chi connectivity index (χ1v) is 8.51. The lowest BCUT2D eigenvalue weighted by molar-refractivity contribution is 0.0845. The van der Waals surface area contributed by atoms with Crippen LogP contribution in [0.15, 0.2) is 24.4 Å². The van der Waals surface area contributed by atoms with Gasteiger partial charge in [0.15, 0.2) is 0 Å². The highest BCUT2D eigenvalue weighted by Crippen LogP contribution is 2.40. The molecule has 0 unspecified atom stereocenters. The highest BCUT2D eigenvalue weighted by Gasteiger charge is 2.24. The monoisotopic (exact) mass is 330 g/mol. The zero-order valence-electron chi connectivity index (χ0n) is 12.8. The second kappa shape index (κ2) is 6.42. The number of pyridine rings is 1. The van der Waals surface area contributed by atoms with Gasteiger partial charge in [0.2, 0.25) is 5.28 Å². The van der Waals surface area contributed by atoms with Gasteiger partial charge in [0.05, 0.1) is 5.69 Å². The number of nitrogens with one attached hydrogen (secondary N) is 1. The Bertz CT molecular complexity index is 699. The first-order valence-electron chi connectivity index (χ1n) is 8.13. The van der Waals surface area contributed by atoms with E-state index in [0.717, 1.165) is 37.6 Å². The third-order valence-corrected chi connectivity index (χ3v) is 4.62. The SMILES string of the molecule is Clc1nc(Nc2cc(C3CC3)ccn2)cc(C2CCOCC2)n1. The van der Waals surface area contributed by atoms with Crippen molar-refractivity contribution in [3.63, 3.8) is 0 Å². The van der Waals surface area contributed by atoms with Crippen molar-refractivity contribution < 1.29 is 4.74 Å². The summed E-state index contributed by atoms with van der Waals surface area (Å²) in [6, 6.07) is 6.17. The van der Waals surface area contributed by atoms with Gasteiger partial charge < -0.3 is 10.1 Å². The second-order valence-corrected chi connectivity index (χ2v) is 6.55. The molecule has 2 aliphatic rings. The molecule has 5 nitrogen and oxygen atoms in total. The van der Waals surface area contributed by atoms with Gasteiger partial charge in [0.25, 0.3) is 0 Å². The molecule has 2 aromatic heterocycles. The number of nitrogens with zero attached hydrogens (tertiary/aromatic N) is 3. The van der Waals surface area contributed by atoms with Crippen LogP contribution in [0.25, 0.3) is 0 Å². The van der Waals surface area contributed by atoms with Crippen LogP contribution >= 0.6 is 11.6 Å². The predicted molar refractivity (Wildman–Crippen MR) is 89.3 cm³/mol. The van der Waals surface area contributed by atoms with Gasteiger partial charge in [-0.2, -0.15) is 0 Å². The van der Waals surface area contributed by atoms with E-state index in [1.54, 1.807) is 0 Å². The molecule has 0 spiro atoms. The van der Waals surface area contributed by atoms with Gasteiger partial charge in [-0.25, -0.2) is 15.0 Å². The number of anilines is 2. The summed E-state index contributed by atoms with van der Waals surface area (Å²) in [7, 11) is 0. The Morgan fingerprint density at radius 3 is 2.61 bits per heavy atom. The minimum absolute atomic E-state index is 0.273. The summed E-state index contributed by atoms with van der Waals surface area (Å²) in [5.41, 5.74) is 2.32. The van der Waals surface area contributed by atoms with Crippen LogP contribution < -0.4 is 5.32 Å². The predicted octanol–water partition coefficient (Wildman–Crippen LogP) is 4.04. The Morgan fingerprint density at radius 2 is 1.83 bits per heavy atom. The fraction of sp³-hybridized carbons (Fsp3) is 0.471. The van der Waals surface area contributed by atoms with E-state index in [0.29, 0.717) is 17.7 Å². The Balaban J connectivity index is 1.56. The van der Waals surface area contributed by atoms with Crippen molar-refractivity contribution in [1.82, 2.24) is 15.0 Å². The third kappa shape index (κ3) is 3.62. The Kier molecular flexibility index (Phi) is 4.14. The molecule has 0 radical (unpaired) electrons. The average molecular weight is 331 g/mol.